The maximum absolute atomic E-state index is 13.5. The van der Waals surface area contributed by atoms with E-state index in [1.165, 1.54) is 12.1 Å². The lowest BCUT2D eigenvalue weighted by Crippen LogP contribution is -2.32. The highest BCUT2D eigenvalue weighted by Gasteiger charge is 2.16. The molecule has 2 aromatic rings. The molecule has 0 saturated carbocycles. The van der Waals surface area contributed by atoms with Gasteiger partial charge in [-0.15, -0.1) is 11.6 Å². The van der Waals surface area contributed by atoms with E-state index in [1.54, 1.807) is 17.9 Å². The minimum Gasteiger partial charge on any atom is -0.333 e. The van der Waals surface area contributed by atoms with E-state index in [0.29, 0.717) is 24.5 Å². The fourth-order valence-electron chi connectivity index (χ4n) is 2.20. The summed E-state index contributed by atoms with van der Waals surface area (Å²) in [5.41, 5.74) is 2.10. The van der Waals surface area contributed by atoms with Gasteiger partial charge in [0.15, 0.2) is 0 Å². The molecule has 0 aliphatic rings. The van der Waals surface area contributed by atoms with E-state index in [-0.39, 0.29) is 5.91 Å². The minimum atomic E-state index is -0.399. The molecule has 0 spiro atoms. The number of aryl methyl sites for hydroxylation is 1. The minimum absolute atomic E-state index is 0.206. The molecule has 0 aliphatic carbocycles. The lowest BCUT2D eigenvalue weighted by Gasteiger charge is -2.22. The summed E-state index contributed by atoms with van der Waals surface area (Å²) in [7, 11) is 0. The molecule has 21 heavy (non-hydrogen) atoms. The third kappa shape index (κ3) is 4.30. The van der Waals surface area contributed by atoms with Crippen LogP contribution in [0.4, 0.5) is 4.39 Å². The first-order chi connectivity index (χ1) is 10.1. The van der Waals surface area contributed by atoms with Crippen molar-refractivity contribution in [3.63, 3.8) is 0 Å². The van der Waals surface area contributed by atoms with Crippen LogP contribution < -0.4 is 0 Å². The Morgan fingerprint density at radius 1 is 1.19 bits per heavy atom. The highest BCUT2D eigenvalue weighted by Crippen LogP contribution is 2.14. The molecule has 2 nitrogen and oxygen atoms in total. The van der Waals surface area contributed by atoms with Gasteiger partial charge < -0.3 is 4.90 Å². The molecular formula is C17H17ClFNO. The predicted octanol–water partition coefficient (Wildman–Crippen LogP) is 4.02. The van der Waals surface area contributed by atoms with E-state index >= 15 is 0 Å². The molecule has 4 heteroatoms. The van der Waals surface area contributed by atoms with Crippen LogP contribution >= 0.6 is 11.6 Å². The monoisotopic (exact) mass is 305 g/mol. The molecule has 0 unspecified atom stereocenters. The van der Waals surface area contributed by atoms with Gasteiger partial charge in [0.25, 0.3) is 5.91 Å². The van der Waals surface area contributed by atoms with Gasteiger partial charge in [0.05, 0.1) is 0 Å². The second kappa shape index (κ2) is 7.23. The van der Waals surface area contributed by atoms with Gasteiger partial charge in [-0.25, -0.2) is 4.39 Å². The van der Waals surface area contributed by atoms with Gasteiger partial charge in [0, 0.05) is 24.5 Å². The van der Waals surface area contributed by atoms with Crippen molar-refractivity contribution >= 4 is 17.5 Å². The van der Waals surface area contributed by atoms with Gasteiger partial charge in [0.2, 0.25) is 0 Å². The summed E-state index contributed by atoms with van der Waals surface area (Å²) in [6.45, 7) is 2.65. The molecule has 0 aliphatic heterocycles. The number of rotatable bonds is 5. The van der Waals surface area contributed by atoms with Crippen LogP contribution in [0.3, 0.4) is 0 Å². The first kappa shape index (κ1) is 15.5. The average Bonchev–Trinajstić information content (AvgIpc) is 2.46. The SMILES string of the molecule is Cc1cc(F)cc(C(=O)N(CCCl)Cc2ccccc2)c1. The third-order valence-corrected chi connectivity index (χ3v) is 3.32. The van der Waals surface area contributed by atoms with Gasteiger partial charge in [0.1, 0.15) is 5.82 Å². The van der Waals surface area contributed by atoms with Crippen molar-refractivity contribution in [1.82, 2.24) is 4.90 Å². The first-order valence-electron chi connectivity index (χ1n) is 6.76. The molecule has 1 amide bonds. The number of alkyl halides is 1. The first-order valence-corrected chi connectivity index (χ1v) is 7.30. The Labute approximate surface area is 129 Å². The Morgan fingerprint density at radius 2 is 1.90 bits per heavy atom. The molecule has 0 radical (unpaired) electrons. The Kier molecular flexibility index (Phi) is 5.34. The molecule has 0 saturated heterocycles. The Bertz CT molecular complexity index is 595. The van der Waals surface area contributed by atoms with Crippen LogP contribution in [0, 0.1) is 12.7 Å². The lowest BCUT2D eigenvalue weighted by molar-refractivity contribution is 0.0753. The summed E-state index contributed by atoms with van der Waals surface area (Å²) in [6, 6.07) is 14.0. The van der Waals surface area contributed by atoms with Crippen molar-refractivity contribution in [1.29, 1.82) is 0 Å². The lowest BCUT2D eigenvalue weighted by atomic mass is 10.1. The number of halogens is 2. The van der Waals surface area contributed by atoms with Crippen LogP contribution in [0.5, 0.6) is 0 Å². The molecule has 0 heterocycles. The smallest absolute Gasteiger partial charge is 0.254 e. The number of carbonyl (C=O) groups is 1. The normalized spacial score (nSPS) is 10.4. The third-order valence-electron chi connectivity index (χ3n) is 3.15. The second-order valence-electron chi connectivity index (χ2n) is 4.92. The average molecular weight is 306 g/mol. The fourth-order valence-corrected chi connectivity index (χ4v) is 2.40. The largest absolute Gasteiger partial charge is 0.333 e. The van der Waals surface area contributed by atoms with Gasteiger partial charge >= 0.3 is 0 Å². The summed E-state index contributed by atoms with van der Waals surface area (Å²) >= 11 is 5.79. The van der Waals surface area contributed by atoms with Crippen molar-refractivity contribution in [2.45, 2.75) is 13.5 Å². The number of nitrogens with zero attached hydrogens (tertiary/aromatic N) is 1. The molecular weight excluding hydrogens is 289 g/mol. The second-order valence-corrected chi connectivity index (χ2v) is 5.30. The van der Waals surface area contributed by atoms with Crippen LogP contribution in [0.2, 0.25) is 0 Å². The predicted molar refractivity (Wildman–Crippen MR) is 83.0 cm³/mol. The van der Waals surface area contributed by atoms with Crippen LogP contribution in [-0.2, 0) is 6.54 Å². The molecule has 2 aromatic carbocycles. The number of amides is 1. The molecule has 0 fully saturated rings. The summed E-state index contributed by atoms with van der Waals surface area (Å²) in [5, 5.41) is 0. The van der Waals surface area contributed by atoms with E-state index in [0.717, 1.165) is 11.1 Å². The van der Waals surface area contributed by atoms with Crippen molar-refractivity contribution in [2.75, 3.05) is 12.4 Å². The summed E-state index contributed by atoms with van der Waals surface area (Å²) < 4.78 is 13.5. The van der Waals surface area contributed by atoms with Crippen molar-refractivity contribution in [2.24, 2.45) is 0 Å². The van der Waals surface area contributed by atoms with Crippen molar-refractivity contribution < 1.29 is 9.18 Å². The quantitative estimate of drug-likeness (QED) is 0.764. The number of hydrogen-bond acceptors (Lipinski definition) is 1. The van der Waals surface area contributed by atoms with Crippen LogP contribution in [0.15, 0.2) is 48.5 Å². The van der Waals surface area contributed by atoms with Crippen molar-refractivity contribution in [3.05, 3.63) is 71.0 Å². The zero-order valence-corrected chi connectivity index (χ0v) is 12.6. The van der Waals surface area contributed by atoms with Crippen molar-refractivity contribution in [3.8, 4) is 0 Å². The van der Waals surface area contributed by atoms with E-state index in [2.05, 4.69) is 0 Å². The van der Waals surface area contributed by atoms with E-state index in [9.17, 15) is 9.18 Å². The molecule has 0 aromatic heterocycles. The van der Waals surface area contributed by atoms with Crippen LogP contribution in [0.1, 0.15) is 21.5 Å². The zero-order chi connectivity index (χ0) is 15.2. The maximum Gasteiger partial charge on any atom is 0.254 e. The van der Waals surface area contributed by atoms with Crippen LogP contribution in [0.25, 0.3) is 0 Å². The van der Waals surface area contributed by atoms with Crippen LogP contribution in [-0.4, -0.2) is 23.2 Å². The number of carbonyl (C=O) groups excluding carboxylic acids is 1. The molecule has 2 rings (SSSR count). The number of benzene rings is 2. The highest BCUT2D eigenvalue weighted by molar-refractivity contribution is 6.18. The Morgan fingerprint density at radius 3 is 2.52 bits per heavy atom. The Balaban J connectivity index is 2.22. The summed E-state index contributed by atoms with van der Waals surface area (Å²) in [4.78, 5) is 14.2. The Hall–Kier alpha value is -1.87. The van der Waals surface area contributed by atoms with Gasteiger partial charge in [-0.3, -0.25) is 4.79 Å². The zero-order valence-electron chi connectivity index (χ0n) is 11.9. The number of hydrogen-bond donors (Lipinski definition) is 0. The molecule has 0 atom stereocenters. The maximum atomic E-state index is 13.5. The molecule has 110 valence electrons. The summed E-state index contributed by atoms with van der Waals surface area (Å²) in [5.74, 6) is -0.265. The van der Waals surface area contributed by atoms with E-state index < -0.39 is 5.82 Å². The molecule has 0 N–H and O–H groups in total. The standard InChI is InChI=1S/C17H17ClFNO/c1-13-9-15(11-16(19)10-13)17(21)20(8-7-18)12-14-5-3-2-4-6-14/h2-6,9-11H,7-8,12H2,1H3. The van der Waals surface area contributed by atoms with E-state index in [1.807, 2.05) is 30.3 Å². The fraction of sp³-hybridized carbons (Fsp3) is 0.235. The summed E-state index contributed by atoms with van der Waals surface area (Å²) in [6.07, 6.45) is 0. The van der Waals surface area contributed by atoms with E-state index in [4.69, 9.17) is 11.6 Å². The van der Waals surface area contributed by atoms with Gasteiger partial charge in [-0.2, -0.15) is 0 Å². The molecule has 0 bridgehead atoms. The highest BCUT2D eigenvalue weighted by atomic mass is 35.5. The van der Waals surface area contributed by atoms with Gasteiger partial charge in [-0.1, -0.05) is 30.3 Å². The van der Waals surface area contributed by atoms with Gasteiger partial charge in [-0.05, 0) is 36.2 Å². The topological polar surface area (TPSA) is 20.3 Å².